The third-order valence-electron chi connectivity index (χ3n) is 7.13. The number of carbonyl (C=O) groups is 1. The zero-order valence-corrected chi connectivity index (χ0v) is 18.6. The fraction of sp³-hybridized carbons (Fsp3) is 0.957. The minimum Gasteiger partial charge on any atom is -0.375 e. The van der Waals surface area contributed by atoms with E-state index in [0.29, 0.717) is 43.3 Å². The Bertz CT molecular complexity index is 479. The summed E-state index contributed by atoms with van der Waals surface area (Å²) >= 11 is 0. The van der Waals surface area contributed by atoms with E-state index in [1.807, 2.05) is 13.8 Å². The average Bonchev–Trinajstić information content (AvgIpc) is 2.83. The van der Waals surface area contributed by atoms with Crippen molar-refractivity contribution in [3.63, 3.8) is 0 Å². The molecule has 0 aromatic heterocycles. The van der Waals surface area contributed by atoms with Crippen molar-refractivity contribution in [1.29, 1.82) is 0 Å². The molecule has 3 aliphatic rings. The van der Waals surface area contributed by atoms with Crippen LogP contribution in [-0.4, -0.2) is 42.9 Å². The Labute approximate surface area is 166 Å². The predicted molar refractivity (Wildman–Crippen MR) is 109 cm³/mol. The molecule has 1 aliphatic carbocycles. The summed E-state index contributed by atoms with van der Waals surface area (Å²) in [6.45, 7) is 15.9. The van der Waals surface area contributed by atoms with Crippen LogP contribution in [0.3, 0.4) is 0 Å². The van der Waals surface area contributed by atoms with Gasteiger partial charge in [0.15, 0.2) is 0 Å². The molecule has 1 saturated carbocycles. The highest BCUT2D eigenvalue weighted by Gasteiger charge is 2.61. The Morgan fingerprint density at radius 3 is 2.37 bits per heavy atom. The quantitative estimate of drug-likeness (QED) is 0.684. The van der Waals surface area contributed by atoms with Crippen LogP contribution in [0.2, 0.25) is 0 Å². The highest BCUT2D eigenvalue weighted by molar-refractivity contribution is 5.76. The molecule has 0 aromatic rings. The lowest BCUT2D eigenvalue weighted by Crippen LogP contribution is -2.62. The van der Waals surface area contributed by atoms with Crippen LogP contribution in [0.1, 0.15) is 80.6 Å². The lowest BCUT2D eigenvalue weighted by atomic mass is 9.57. The van der Waals surface area contributed by atoms with E-state index >= 15 is 0 Å². The summed E-state index contributed by atoms with van der Waals surface area (Å²) in [7, 11) is 0. The van der Waals surface area contributed by atoms with Gasteiger partial charge in [0.05, 0.1) is 18.8 Å². The van der Waals surface area contributed by atoms with E-state index in [2.05, 4.69) is 27.7 Å². The van der Waals surface area contributed by atoms with Gasteiger partial charge in [-0.2, -0.15) is 0 Å². The van der Waals surface area contributed by atoms with Gasteiger partial charge >= 0.3 is 0 Å². The summed E-state index contributed by atoms with van der Waals surface area (Å²) in [6, 6.07) is 0. The Kier molecular flexibility index (Phi) is 8.33. The molecule has 2 unspecified atom stereocenters. The molecule has 2 aliphatic heterocycles. The maximum absolute atomic E-state index is 11.8. The van der Waals surface area contributed by atoms with E-state index in [0.717, 1.165) is 12.8 Å². The highest BCUT2D eigenvalue weighted by atomic mass is 16.6. The van der Waals surface area contributed by atoms with Crippen molar-refractivity contribution in [3.8, 4) is 0 Å². The van der Waals surface area contributed by atoms with Crippen LogP contribution in [0.5, 0.6) is 0 Å². The molecular formula is C23H42O4. The van der Waals surface area contributed by atoms with Crippen molar-refractivity contribution in [2.45, 2.75) is 104 Å². The summed E-state index contributed by atoms with van der Waals surface area (Å²) in [5.74, 6) is 2.08. The first-order valence-electron chi connectivity index (χ1n) is 11.3. The number of hydrogen-bond donors (Lipinski definition) is 0. The van der Waals surface area contributed by atoms with Gasteiger partial charge in [-0.05, 0) is 70.1 Å². The van der Waals surface area contributed by atoms with Crippen molar-refractivity contribution in [3.05, 3.63) is 0 Å². The maximum atomic E-state index is 11.8. The van der Waals surface area contributed by atoms with Gasteiger partial charge in [-0.3, -0.25) is 4.79 Å². The van der Waals surface area contributed by atoms with Crippen molar-refractivity contribution in [2.24, 2.45) is 23.7 Å². The zero-order valence-electron chi connectivity index (χ0n) is 18.6. The van der Waals surface area contributed by atoms with Crippen LogP contribution in [0, 0.1) is 23.7 Å². The molecule has 0 radical (unpaired) electrons. The molecule has 158 valence electrons. The SMILES string of the molecule is CC.CCO[C@@]12C3CC[C@@H](C)[C@@H]1CC[C@H](C)O[C@H]2COC(CC(C)=O)[C@@H]3C. The van der Waals surface area contributed by atoms with Crippen LogP contribution >= 0.6 is 0 Å². The molecule has 0 N–H and O–H groups in total. The summed E-state index contributed by atoms with van der Waals surface area (Å²) < 4.78 is 19.4. The molecule has 0 amide bonds. The van der Waals surface area contributed by atoms with Crippen LogP contribution in [-0.2, 0) is 19.0 Å². The Morgan fingerprint density at radius 2 is 1.74 bits per heavy atom. The van der Waals surface area contributed by atoms with Gasteiger partial charge in [-0.15, -0.1) is 0 Å². The average molecular weight is 383 g/mol. The maximum Gasteiger partial charge on any atom is 0.132 e. The van der Waals surface area contributed by atoms with Crippen LogP contribution in [0.4, 0.5) is 0 Å². The molecule has 4 nitrogen and oxygen atoms in total. The number of Topliss-reactive ketones (excluding diaryl/α,β-unsaturated/α-hetero) is 1. The second-order valence-electron chi connectivity index (χ2n) is 8.70. The standard InChI is InChI=1S/C21H36O4.C2H6/c1-6-24-21-17-10-8-15(4)25-20(21)12-23-19(11-14(3)22)16(5)18(21)9-7-13(17)2;1-2/h13,15-20H,6-12H2,1-5H3;1-2H3/t13-,15+,16-,17+,18?,19?,20+,21-;/m1./s1. The summed E-state index contributed by atoms with van der Waals surface area (Å²) in [6.07, 6.45) is 5.35. The molecule has 0 bridgehead atoms. The van der Waals surface area contributed by atoms with Gasteiger partial charge in [-0.1, -0.05) is 27.7 Å². The lowest BCUT2D eigenvalue weighted by Gasteiger charge is -2.54. The molecule has 27 heavy (non-hydrogen) atoms. The van der Waals surface area contributed by atoms with Crippen molar-refractivity contribution in [1.82, 2.24) is 0 Å². The molecule has 3 fully saturated rings. The highest BCUT2D eigenvalue weighted by Crippen LogP contribution is 2.55. The topological polar surface area (TPSA) is 44.8 Å². The Morgan fingerprint density at radius 1 is 1.07 bits per heavy atom. The Balaban J connectivity index is 0.00000126. The number of ketones is 1. The molecule has 0 spiro atoms. The van der Waals surface area contributed by atoms with Crippen molar-refractivity contribution >= 4 is 5.78 Å². The number of hydrogen-bond acceptors (Lipinski definition) is 4. The number of rotatable bonds is 4. The first kappa shape index (κ1) is 22.8. The van der Waals surface area contributed by atoms with Gasteiger partial charge < -0.3 is 14.2 Å². The van der Waals surface area contributed by atoms with E-state index in [-0.39, 0.29) is 29.7 Å². The predicted octanol–water partition coefficient (Wildman–Crippen LogP) is 5.03. The number of ether oxygens (including phenoxy) is 3. The van der Waals surface area contributed by atoms with Gasteiger partial charge in [0.1, 0.15) is 17.5 Å². The molecule has 4 heteroatoms. The molecule has 2 saturated heterocycles. The number of carbonyl (C=O) groups excluding carboxylic acids is 1. The van der Waals surface area contributed by atoms with Gasteiger partial charge in [0, 0.05) is 13.0 Å². The first-order chi connectivity index (χ1) is 12.9. The fourth-order valence-electron chi connectivity index (χ4n) is 6.00. The van der Waals surface area contributed by atoms with E-state index in [1.165, 1.54) is 12.8 Å². The van der Waals surface area contributed by atoms with Crippen LogP contribution in [0.15, 0.2) is 0 Å². The first-order valence-corrected chi connectivity index (χ1v) is 11.3. The summed E-state index contributed by atoms with van der Waals surface area (Å²) in [5, 5.41) is 0. The molecule has 0 aromatic carbocycles. The lowest BCUT2D eigenvalue weighted by molar-refractivity contribution is -0.227. The Hall–Kier alpha value is -0.450. The molecule has 2 heterocycles. The molecule has 3 rings (SSSR count). The summed E-state index contributed by atoms with van der Waals surface area (Å²) in [5.41, 5.74) is -0.262. The van der Waals surface area contributed by atoms with Crippen LogP contribution < -0.4 is 0 Å². The zero-order chi connectivity index (χ0) is 20.2. The largest absolute Gasteiger partial charge is 0.375 e. The van der Waals surface area contributed by atoms with E-state index in [9.17, 15) is 4.79 Å². The fourth-order valence-corrected chi connectivity index (χ4v) is 6.00. The normalized spacial score (nSPS) is 44.2. The van der Waals surface area contributed by atoms with Crippen molar-refractivity contribution < 1.29 is 19.0 Å². The van der Waals surface area contributed by atoms with E-state index < -0.39 is 0 Å². The molecule has 8 atom stereocenters. The van der Waals surface area contributed by atoms with E-state index in [1.54, 1.807) is 6.92 Å². The smallest absolute Gasteiger partial charge is 0.132 e. The van der Waals surface area contributed by atoms with Gasteiger partial charge in [-0.25, -0.2) is 0 Å². The van der Waals surface area contributed by atoms with Crippen LogP contribution in [0.25, 0.3) is 0 Å². The minimum atomic E-state index is -0.262. The third kappa shape index (κ3) is 4.43. The monoisotopic (exact) mass is 382 g/mol. The van der Waals surface area contributed by atoms with Gasteiger partial charge in [0.25, 0.3) is 0 Å². The summed E-state index contributed by atoms with van der Waals surface area (Å²) in [4.78, 5) is 11.8. The third-order valence-corrected chi connectivity index (χ3v) is 7.13. The van der Waals surface area contributed by atoms with Crippen molar-refractivity contribution in [2.75, 3.05) is 13.2 Å². The second-order valence-corrected chi connectivity index (χ2v) is 8.70. The van der Waals surface area contributed by atoms with E-state index in [4.69, 9.17) is 14.2 Å². The second kappa shape index (κ2) is 9.84. The van der Waals surface area contributed by atoms with Gasteiger partial charge in [0.2, 0.25) is 0 Å². The molecular weight excluding hydrogens is 340 g/mol. The minimum absolute atomic E-state index is 0.0141.